The van der Waals surface area contributed by atoms with E-state index >= 15 is 0 Å². The van der Waals surface area contributed by atoms with Gasteiger partial charge in [-0.1, -0.05) is 200 Å². The van der Waals surface area contributed by atoms with E-state index in [1.54, 1.807) is 0 Å². The van der Waals surface area contributed by atoms with Gasteiger partial charge in [0.2, 0.25) is 0 Å². The maximum absolute atomic E-state index is 6.61. The molecule has 73 heavy (non-hydrogen) atoms. The van der Waals surface area contributed by atoms with E-state index in [0.29, 0.717) is 0 Å². The lowest BCUT2D eigenvalue weighted by atomic mass is 9.92. The zero-order chi connectivity index (χ0) is 48.2. The molecule has 1 heterocycles. The summed E-state index contributed by atoms with van der Waals surface area (Å²) in [4.78, 5) is 4.70. The predicted molar refractivity (Wildman–Crippen MR) is 309 cm³/mol. The second-order valence-corrected chi connectivity index (χ2v) is 18.8. The van der Waals surface area contributed by atoms with Gasteiger partial charge in [0, 0.05) is 50.2 Å². The smallest absolute Gasteiger partial charge is 0.143 e. The molecule has 0 aliphatic carbocycles. The Kier molecular flexibility index (Phi) is 10.2. The van der Waals surface area contributed by atoms with Crippen molar-refractivity contribution in [1.82, 2.24) is 0 Å². The van der Waals surface area contributed by atoms with Gasteiger partial charge in [-0.15, -0.1) is 0 Å². The molecular formula is C70H46N2O. The van der Waals surface area contributed by atoms with Crippen LogP contribution in [0.2, 0.25) is 0 Å². The van der Waals surface area contributed by atoms with Gasteiger partial charge in [-0.2, -0.15) is 0 Å². The van der Waals surface area contributed by atoms with E-state index in [9.17, 15) is 0 Å². The molecular weight excluding hydrogens is 885 g/mol. The molecule has 0 saturated heterocycles. The third kappa shape index (κ3) is 7.29. The summed E-state index contributed by atoms with van der Waals surface area (Å²) < 4.78 is 6.61. The van der Waals surface area contributed by atoms with Crippen molar-refractivity contribution in [2.24, 2.45) is 0 Å². The van der Waals surface area contributed by atoms with Crippen molar-refractivity contribution in [3.05, 3.63) is 279 Å². The van der Waals surface area contributed by atoms with E-state index in [1.165, 1.54) is 43.4 Å². The summed E-state index contributed by atoms with van der Waals surface area (Å²) in [6, 6.07) is 101. The average Bonchev–Trinajstić information content (AvgIpc) is 3.86. The quantitative estimate of drug-likeness (QED) is 0.135. The molecule has 0 spiro atoms. The summed E-state index contributed by atoms with van der Waals surface area (Å²) in [5.74, 6) is 0. The van der Waals surface area contributed by atoms with Crippen molar-refractivity contribution in [2.75, 3.05) is 9.80 Å². The first-order chi connectivity index (χ1) is 36.2. The molecule has 3 heteroatoms. The summed E-state index contributed by atoms with van der Waals surface area (Å²) in [5.41, 5.74) is 15.2. The monoisotopic (exact) mass is 930 g/mol. The van der Waals surface area contributed by atoms with E-state index in [2.05, 4.69) is 283 Å². The van der Waals surface area contributed by atoms with Gasteiger partial charge in [0.15, 0.2) is 0 Å². The van der Waals surface area contributed by atoms with Crippen molar-refractivity contribution in [3.63, 3.8) is 0 Å². The maximum atomic E-state index is 6.61. The Bertz CT molecular complexity index is 4280. The van der Waals surface area contributed by atoms with Gasteiger partial charge in [-0.3, -0.25) is 0 Å². The number of para-hydroxylation sites is 4. The van der Waals surface area contributed by atoms with Crippen LogP contribution in [-0.4, -0.2) is 0 Å². The highest BCUT2D eigenvalue weighted by Gasteiger charge is 2.21. The molecule has 0 amide bonds. The van der Waals surface area contributed by atoms with Crippen LogP contribution in [0.3, 0.4) is 0 Å². The number of hydrogen-bond donors (Lipinski definition) is 0. The number of fused-ring (bicyclic) bond motifs is 10. The summed E-state index contributed by atoms with van der Waals surface area (Å²) in [5, 5.41) is 12.2. The molecule has 0 N–H and O–H groups in total. The average molecular weight is 931 g/mol. The van der Waals surface area contributed by atoms with Gasteiger partial charge in [0.25, 0.3) is 0 Å². The van der Waals surface area contributed by atoms with E-state index in [0.717, 1.165) is 89.1 Å². The minimum atomic E-state index is 0.895. The van der Waals surface area contributed by atoms with Crippen LogP contribution in [0.5, 0.6) is 0 Å². The predicted octanol–water partition coefficient (Wildman–Crippen LogP) is 20.1. The molecule has 14 rings (SSSR count). The van der Waals surface area contributed by atoms with Gasteiger partial charge < -0.3 is 14.2 Å². The van der Waals surface area contributed by atoms with Crippen molar-refractivity contribution >= 4 is 99.2 Å². The second kappa shape index (κ2) is 17.6. The molecule has 342 valence electrons. The fourth-order valence-corrected chi connectivity index (χ4v) is 11.2. The van der Waals surface area contributed by atoms with Gasteiger partial charge in [0.1, 0.15) is 11.2 Å². The summed E-state index contributed by atoms with van der Waals surface area (Å²) in [6.07, 6.45) is 0. The molecule has 1 aromatic heterocycles. The number of nitrogens with zero attached hydrogens (tertiary/aromatic N) is 2. The summed E-state index contributed by atoms with van der Waals surface area (Å²) in [6.45, 7) is 0. The molecule has 0 aliphatic heterocycles. The number of anilines is 6. The number of benzene rings is 13. The Balaban J connectivity index is 0.876. The minimum absolute atomic E-state index is 0.895. The fourth-order valence-electron chi connectivity index (χ4n) is 11.2. The van der Waals surface area contributed by atoms with Crippen molar-refractivity contribution in [3.8, 4) is 33.4 Å². The molecule has 0 saturated carbocycles. The molecule has 0 bridgehead atoms. The first-order valence-corrected chi connectivity index (χ1v) is 25.0. The fraction of sp³-hybridized carbons (Fsp3) is 0. The van der Waals surface area contributed by atoms with Crippen LogP contribution in [0, 0.1) is 0 Å². The largest absolute Gasteiger partial charge is 0.455 e. The van der Waals surface area contributed by atoms with Gasteiger partial charge in [-0.05, 0) is 144 Å². The second-order valence-electron chi connectivity index (χ2n) is 18.8. The first kappa shape index (κ1) is 42.2. The molecule has 0 radical (unpaired) electrons. The maximum Gasteiger partial charge on any atom is 0.143 e. The van der Waals surface area contributed by atoms with Crippen LogP contribution in [0.25, 0.3) is 98.4 Å². The molecule has 3 nitrogen and oxygen atoms in total. The summed E-state index contributed by atoms with van der Waals surface area (Å²) >= 11 is 0. The van der Waals surface area contributed by atoms with Crippen LogP contribution >= 0.6 is 0 Å². The highest BCUT2D eigenvalue weighted by molar-refractivity contribution is 6.26. The van der Waals surface area contributed by atoms with Gasteiger partial charge >= 0.3 is 0 Å². The van der Waals surface area contributed by atoms with Gasteiger partial charge in [-0.25, -0.2) is 0 Å². The van der Waals surface area contributed by atoms with Gasteiger partial charge in [0.05, 0.1) is 5.69 Å². The third-order valence-corrected chi connectivity index (χ3v) is 14.7. The minimum Gasteiger partial charge on any atom is -0.455 e. The van der Waals surface area contributed by atoms with Crippen molar-refractivity contribution in [2.45, 2.75) is 0 Å². The lowest BCUT2D eigenvalue weighted by molar-refractivity contribution is 0.670. The Morgan fingerprint density at radius 1 is 0.219 bits per heavy atom. The first-order valence-electron chi connectivity index (χ1n) is 25.0. The molecule has 0 fully saturated rings. The summed E-state index contributed by atoms with van der Waals surface area (Å²) in [7, 11) is 0. The van der Waals surface area contributed by atoms with E-state index in [1.807, 2.05) is 6.07 Å². The zero-order valence-electron chi connectivity index (χ0n) is 39.9. The molecule has 0 unspecified atom stereocenters. The van der Waals surface area contributed by atoms with Crippen molar-refractivity contribution < 1.29 is 4.42 Å². The SMILES string of the molecule is c1ccc(N(c2ccccc2)c2ccc(-c3ccc(N(c4ccc(-c5ccc6c7ccccc7c7ccccc7c6c5)cc4)c4ccc(-c5cccc6c5oc5ccccc56)c5ccccc45)cc3)cc2)cc1. The topological polar surface area (TPSA) is 19.6 Å². The van der Waals surface area contributed by atoms with Crippen LogP contribution in [0.15, 0.2) is 283 Å². The van der Waals surface area contributed by atoms with Crippen LogP contribution < -0.4 is 9.80 Å². The third-order valence-electron chi connectivity index (χ3n) is 14.7. The Morgan fingerprint density at radius 2 is 0.630 bits per heavy atom. The molecule has 14 aromatic rings. The van der Waals surface area contributed by atoms with Crippen LogP contribution in [0.1, 0.15) is 0 Å². The zero-order valence-corrected chi connectivity index (χ0v) is 39.9. The van der Waals surface area contributed by atoms with E-state index in [-0.39, 0.29) is 0 Å². The number of hydrogen-bond acceptors (Lipinski definition) is 3. The number of rotatable bonds is 9. The highest BCUT2D eigenvalue weighted by Crippen LogP contribution is 2.46. The standard InChI is InChI=1S/C70H46N2O/c1-3-16-51(17-4-1)71(52-18-5-2-6-19-52)53-37-30-47(31-38-53)48-32-39-54(40-33-48)72(68-45-44-61(59-23-11-12-25-63(59)68)65-27-15-28-66-64-26-13-14-29-69(64)73-70(65)66)55-41-34-49(35-42-55)50-36-43-62-58-22-8-7-20-56(58)57-21-9-10-24-60(57)67(62)46-50/h1-46H. The Labute approximate surface area is 423 Å². The normalized spacial score (nSPS) is 11.6. The van der Waals surface area contributed by atoms with E-state index in [4.69, 9.17) is 4.42 Å². The molecule has 0 aliphatic rings. The molecule has 0 atom stereocenters. The van der Waals surface area contributed by atoms with Crippen LogP contribution in [0.4, 0.5) is 34.1 Å². The van der Waals surface area contributed by atoms with Crippen molar-refractivity contribution in [1.29, 1.82) is 0 Å². The number of furan rings is 1. The Morgan fingerprint density at radius 3 is 1.21 bits per heavy atom. The Hall–Kier alpha value is -9.70. The lowest BCUT2D eigenvalue weighted by Gasteiger charge is -2.28. The lowest BCUT2D eigenvalue weighted by Crippen LogP contribution is -2.10. The highest BCUT2D eigenvalue weighted by atomic mass is 16.3. The van der Waals surface area contributed by atoms with Crippen LogP contribution in [-0.2, 0) is 0 Å². The molecule has 13 aromatic carbocycles. The van der Waals surface area contributed by atoms with E-state index < -0.39 is 0 Å².